The minimum absolute atomic E-state index is 0.0386. The quantitative estimate of drug-likeness (QED) is 0.787. The molecule has 0 atom stereocenters. The summed E-state index contributed by atoms with van der Waals surface area (Å²) in [6.07, 6.45) is 0.673. The highest BCUT2D eigenvalue weighted by atomic mass is 35.5. The number of aromatic amines is 1. The highest BCUT2D eigenvalue weighted by molar-refractivity contribution is 6.30. The Balaban J connectivity index is 2.26. The minimum atomic E-state index is -0.0386. The molecule has 1 N–H and O–H groups in total. The number of nitrogens with zero attached hydrogens (tertiary/aromatic N) is 2. The van der Waals surface area contributed by atoms with Gasteiger partial charge in [-0.15, -0.1) is 0 Å². The molecule has 0 saturated carbocycles. The first-order valence-corrected chi connectivity index (χ1v) is 6.85. The lowest BCUT2D eigenvalue weighted by Crippen LogP contribution is -2.21. The van der Waals surface area contributed by atoms with Crippen LogP contribution in [0.25, 0.3) is 16.9 Å². The third-order valence-corrected chi connectivity index (χ3v) is 3.64. The van der Waals surface area contributed by atoms with Crippen molar-refractivity contribution in [2.75, 3.05) is 0 Å². The first-order chi connectivity index (χ1) is 9.60. The molecular formula is C15H14ClN3O. The van der Waals surface area contributed by atoms with Crippen molar-refractivity contribution in [3.8, 4) is 11.3 Å². The summed E-state index contributed by atoms with van der Waals surface area (Å²) in [4.78, 5) is 16.8. The highest BCUT2D eigenvalue weighted by Crippen LogP contribution is 2.22. The second-order valence-corrected chi connectivity index (χ2v) is 5.14. The predicted molar refractivity (Wildman–Crippen MR) is 80.4 cm³/mol. The van der Waals surface area contributed by atoms with Crippen molar-refractivity contribution in [3.05, 3.63) is 57.0 Å². The van der Waals surface area contributed by atoms with E-state index in [9.17, 15) is 4.79 Å². The number of aromatic nitrogens is 3. The van der Waals surface area contributed by atoms with E-state index in [-0.39, 0.29) is 5.56 Å². The van der Waals surface area contributed by atoms with Gasteiger partial charge in [-0.3, -0.25) is 9.89 Å². The van der Waals surface area contributed by atoms with Gasteiger partial charge >= 0.3 is 0 Å². The number of H-pyrrole nitrogens is 1. The molecule has 102 valence electrons. The first kappa shape index (κ1) is 12.9. The number of halogens is 1. The molecule has 2 heterocycles. The van der Waals surface area contributed by atoms with E-state index in [0.717, 1.165) is 22.5 Å². The van der Waals surface area contributed by atoms with Crippen LogP contribution in [0.2, 0.25) is 5.02 Å². The zero-order chi connectivity index (χ0) is 14.3. The predicted octanol–water partition coefficient (Wildman–Crippen LogP) is 3.21. The molecule has 0 bridgehead atoms. The van der Waals surface area contributed by atoms with E-state index < -0.39 is 0 Å². The summed E-state index contributed by atoms with van der Waals surface area (Å²) in [6.45, 7) is 3.82. The van der Waals surface area contributed by atoms with Crippen LogP contribution >= 0.6 is 11.6 Å². The van der Waals surface area contributed by atoms with Gasteiger partial charge in [-0.1, -0.05) is 30.7 Å². The lowest BCUT2D eigenvalue weighted by molar-refractivity contribution is 0.856. The topological polar surface area (TPSA) is 50.2 Å². The maximum Gasteiger partial charge on any atom is 0.276 e. The normalized spacial score (nSPS) is 11.2. The zero-order valence-corrected chi connectivity index (χ0v) is 12.0. The number of rotatable bonds is 2. The van der Waals surface area contributed by atoms with Crippen LogP contribution in [0.3, 0.4) is 0 Å². The number of hydrogen-bond acceptors (Lipinski definition) is 2. The third-order valence-electron chi connectivity index (χ3n) is 3.40. The maximum atomic E-state index is 12.4. The van der Waals surface area contributed by atoms with Gasteiger partial charge in [0, 0.05) is 27.9 Å². The molecule has 2 aromatic heterocycles. The van der Waals surface area contributed by atoms with E-state index in [2.05, 4.69) is 10.1 Å². The average molecular weight is 288 g/mol. The fourth-order valence-electron chi connectivity index (χ4n) is 2.38. The van der Waals surface area contributed by atoms with Gasteiger partial charge in [-0.05, 0) is 25.5 Å². The van der Waals surface area contributed by atoms with Gasteiger partial charge in [-0.25, -0.2) is 9.50 Å². The molecule has 0 fully saturated rings. The minimum Gasteiger partial charge on any atom is -0.289 e. The van der Waals surface area contributed by atoms with E-state index in [1.807, 2.05) is 44.2 Å². The number of benzene rings is 1. The molecule has 4 nitrogen and oxygen atoms in total. The zero-order valence-electron chi connectivity index (χ0n) is 11.3. The molecule has 0 spiro atoms. The van der Waals surface area contributed by atoms with Crippen molar-refractivity contribution in [3.63, 3.8) is 0 Å². The SMILES string of the molecule is CCc1c(C)nc2cc(-c3cccc(Cl)c3)[nH]n2c1=O. The molecule has 0 saturated heterocycles. The van der Waals surface area contributed by atoms with E-state index in [1.165, 1.54) is 4.52 Å². The summed E-state index contributed by atoms with van der Waals surface area (Å²) in [5, 5.41) is 3.75. The molecule has 0 aliphatic carbocycles. The average Bonchev–Trinajstić information content (AvgIpc) is 2.83. The largest absolute Gasteiger partial charge is 0.289 e. The summed E-state index contributed by atoms with van der Waals surface area (Å²) < 4.78 is 1.49. The van der Waals surface area contributed by atoms with Crippen molar-refractivity contribution in [2.45, 2.75) is 20.3 Å². The smallest absolute Gasteiger partial charge is 0.276 e. The first-order valence-electron chi connectivity index (χ1n) is 6.47. The Morgan fingerprint density at radius 2 is 2.15 bits per heavy atom. The Morgan fingerprint density at radius 1 is 1.35 bits per heavy atom. The van der Waals surface area contributed by atoms with E-state index in [4.69, 9.17) is 11.6 Å². The summed E-state index contributed by atoms with van der Waals surface area (Å²) in [5.74, 6) is 0. The lowest BCUT2D eigenvalue weighted by atomic mass is 10.1. The van der Waals surface area contributed by atoms with E-state index in [0.29, 0.717) is 17.1 Å². The second kappa shape index (κ2) is 4.80. The number of nitrogens with one attached hydrogen (secondary N) is 1. The number of hydrogen-bond donors (Lipinski definition) is 1. The standard InChI is InChI=1S/C15H14ClN3O/c1-3-12-9(2)17-14-8-13(18-19(14)15(12)20)10-5-4-6-11(16)7-10/h4-8,18H,3H2,1-2H3. The summed E-state index contributed by atoms with van der Waals surface area (Å²) in [5.41, 5.74) is 3.86. The van der Waals surface area contributed by atoms with Gasteiger partial charge in [-0.2, -0.15) is 0 Å². The molecular weight excluding hydrogens is 274 g/mol. The van der Waals surface area contributed by atoms with Crippen LogP contribution < -0.4 is 5.56 Å². The van der Waals surface area contributed by atoms with Crippen molar-refractivity contribution in [1.29, 1.82) is 0 Å². The monoisotopic (exact) mass is 287 g/mol. The summed E-state index contributed by atoms with van der Waals surface area (Å²) >= 11 is 6.00. The van der Waals surface area contributed by atoms with Crippen LogP contribution in [0.4, 0.5) is 0 Å². The van der Waals surface area contributed by atoms with Crippen LogP contribution in [0.5, 0.6) is 0 Å². The molecule has 3 aromatic rings. The van der Waals surface area contributed by atoms with Crippen LogP contribution in [0.15, 0.2) is 35.1 Å². The summed E-state index contributed by atoms with van der Waals surface area (Å²) in [6, 6.07) is 9.35. The Kier molecular flexibility index (Phi) is 3.10. The molecule has 0 amide bonds. The maximum absolute atomic E-state index is 12.4. The van der Waals surface area contributed by atoms with Crippen molar-refractivity contribution in [1.82, 2.24) is 14.6 Å². The molecule has 0 aliphatic rings. The Hall–Kier alpha value is -2.07. The van der Waals surface area contributed by atoms with Crippen molar-refractivity contribution < 1.29 is 0 Å². The van der Waals surface area contributed by atoms with E-state index >= 15 is 0 Å². The van der Waals surface area contributed by atoms with Crippen LogP contribution in [-0.4, -0.2) is 14.6 Å². The van der Waals surface area contributed by atoms with Gasteiger partial charge in [0.25, 0.3) is 5.56 Å². The Labute approximate surface area is 121 Å². The Bertz CT molecular complexity index is 848. The van der Waals surface area contributed by atoms with Crippen molar-refractivity contribution >= 4 is 17.2 Å². The van der Waals surface area contributed by atoms with Gasteiger partial charge in [0.1, 0.15) is 0 Å². The second-order valence-electron chi connectivity index (χ2n) is 4.71. The fraction of sp³-hybridized carbons (Fsp3) is 0.200. The Morgan fingerprint density at radius 3 is 2.85 bits per heavy atom. The van der Waals surface area contributed by atoms with Gasteiger partial charge < -0.3 is 0 Å². The van der Waals surface area contributed by atoms with Crippen molar-refractivity contribution in [2.24, 2.45) is 0 Å². The number of aryl methyl sites for hydroxylation is 1. The van der Waals surface area contributed by atoms with Crippen LogP contribution in [0.1, 0.15) is 18.2 Å². The molecule has 1 aromatic carbocycles. The molecule has 0 aliphatic heterocycles. The van der Waals surface area contributed by atoms with Gasteiger partial charge in [0.2, 0.25) is 0 Å². The van der Waals surface area contributed by atoms with E-state index in [1.54, 1.807) is 0 Å². The lowest BCUT2D eigenvalue weighted by Gasteiger charge is -2.01. The molecule has 5 heteroatoms. The number of fused-ring (bicyclic) bond motifs is 1. The molecule has 0 unspecified atom stereocenters. The summed E-state index contributed by atoms with van der Waals surface area (Å²) in [7, 11) is 0. The molecule has 20 heavy (non-hydrogen) atoms. The molecule has 0 radical (unpaired) electrons. The fourth-order valence-corrected chi connectivity index (χ4v) is 2.57. The highest BCUT2D eigenvalue weighted by Gasteiger charge is 2.11. The van der Waals surface area contributed by atoms with Gasteiger partial charge in [0.15, 0.2) is 5.65 Å². The third kappa shape index (κ3) is 2.02. The van der Waals surface area contributed by atoms with Gasteiger partial charge in [0.05, 0.1) is 5.69 Å². The van der Waals surface area contributed by atoms with Crippen LogP contribution in [-0.2, 0) is 6.42 Å². The molecule has 3 rings (SSSR count). The van der Waals surface area contributed by atoms with Crippen LogP contribution in [0, 0.1) is 6.92 Å².